The quantitative estimate of drug-likeness (QED) is 0.187. The lowest BCUT2D eigenvalue weighted by molar-refractivity contribution is 0.965. The normalized spacial score (nSPS) is 12.1. The van der Waals surface area contributed by atoms with E-state index in [2.05, 4.69) is 123 Å². The molecule has 0 nitrogen and oxygen atoms in total. The summed E-state index contributed by atoms with van der Waals surface area (Å²) >= 11 is 5.78. The summed E-state index contributed by atoms with van der Waals surface area (Å²) < 4.78 is 8.31. The van der Waals surface area contributed by atoms with E-state index in [1.54, 1.807) is 0 Å². The molecule has 3 aromatic heterocycles. The molecule has 6 aromatic carbocycles. The Morgan fingerprint density at radius 1 is 0.349 bits per heavy atom. The second-order valence-corrected chi connectivity index (χ2v) is 15.1. The van der Waals surface area contributed by atoms with Crippen molar-refractivity contribution in [2.24, 2.45) is 0 Å². The number of thiophene rings is 3. The van der Waals surface area contributed by atoms with Crippen molar-refractivity contribution in [1.29, 1.82) is 0 Å². The van der Waals surface area contributed by atoms with Gasteiger partial charge in [-0.15, -0.1) is 34.0 Å². The maximum Gasteiger partial charge on any atom is 0.0362 e. The molecular formula is C40H28S3. The monoisotopic (exact) mass is 604 g/mol. The molecule has 0 bridgehead atoms. The van der Waals surface area contributed by atoms with Gasteiger partial charge in [0.25, 0.3) is 0 Å². The molecule has 3 heteroatoms. The summed E-state index contributed by atoms with van der Waals surface area (Å²) in [5.74, 6) is 0. The zero-order valence-corrected chi connectivity index (χ0v) is 26.5. The number of benzene rings is 6. The van der Waals surface area contributed by atoms with E-state index in [1.807, 2.05) is 34.0 Å². The first kappa shape index (κ1) is 25.5. The van der Waals surface area contributed by atoms with Crippen LogP contribution in [0.1, 0.15) is 22.3 Å². The van der Waals surface area contributed by atoms with Crippen molar-refractivity contribution in [2.45, 2.75) is 26.7 Å². The largest absolute Gasteiger partial charge is 0.135 e. The van der Waals surface area contributed by atoms with Crippen molar-refractivity contribution in [3.8, 4) is 11.1 Å². The van der Waals surface area contributed by atoms with Gasteiger partial charge in [-0.05, 0) is 90.9 Å². The standard InChI is InChI=1S/C40H28S3/c1-23-3-10-27(11-4-23)28-12-16-30-29-14-8-25(18-36(29)42-38(30)20-28)6-7-26-9-15-32-34-22-39-33(21-40(34)43-37(32)19-26)31-13-5-24(2)17-35(31)41-39/h3-5,8-22H,6-7H2,1-2H3. The highest BCUT2D eigenvalue weighted by Crippen LogP contribution is 2.42. The summed E-state index contributed by atoms with van der Waals surface area (Å²) in [5.41, 5.74) is 8.03. The Hall–Kier alpha value is -4.02. The Labute approximate surface area is 262 Å². The van der Waals surface area contributed by atoms with Gasteiger partial charge in [0.15, 0.2) is 0 Å². The third-order valence-electron chi connectivity index (χ3n) is 8.91. The second kappa shape index (κ2) is 9.75. The topological polar surface area (TPSA) is 0 Å². The highest BCUT2D eigenvalue weighted by Gasteiger charge is 2.12. The van der Waals surface area contributed by atoms with Crippen LogP contribution in [0.25, 0.3) is 71.6 Å². The SMILES string of the molecule is Cc1ccc(-c2ccc3c(c2)sc2cc(CCc4ccc5c(c4)sc4cc6c(cc45)sc4cc(C)ccc46)ccc23)cc1. The van der Waals surface area contributed by atoms with Crippen LogP contribution in [-0.4, -0.2) is 0 Å². The van der Waals surface area contributed by atoms with Gasteiger partial charge in [0.2, 0.25) is 0 Å². The van der Waals surface area contributed by atoms with E-state index >= 15 is 0 Å². The molecule has 0 radical (unpaired) electrons. The van der Waals surface area contributed by atoms with Crippen molar-refractivity contribution in [2.75, 3.05) is 0 Å². The molecule has 9 aromatic rings. The molecule has 3 heterocycles. The van der Waals surface area contributed by atoms with E-state index in [1.165, 1.54) is 93.9 Å². The molecule has 0 N–H and O–H groups in total. The molecule has 0 saturated carbocycles. The first-order valence-corrected chi connectivity index (χ1v) is 17.3. The van der Waals surface area contributed by atoms with Crippen molar-refractivity contribution in [3.05, 3.63) is 131 Å². The first-order valence-electron chi connectivity index (χ1n) is 14.9. The number of fused-ring (bicyclic) bond motifs is 9. The predicted octanol–water partition coefficient (Wildman–Crippen LogP) is 12.9. The van der Waals surface area contributed by atoms with E-state index in [0.29, 0.717) is 0 Å². The van der Waals surface area contributed by atoms with Crippen LogP contribution >= 0.6 is 34.0 Å². The molecule has 0 spiro atoms. The summed E-state index contributed by atoms with van der Waals surface area (Å²) in [6.07, 6.45) is 2.10. The molecule has 0 fully saturated rings. The minimum absolute atomic E-state index is 1.05. The van der Waals surface area contributed by atoms with Crippen molar-refractivity contribution >= 4 is 94.5 Å². The highest BCUT2D eigenvalue weighted by molar-refractivity contribution is 7.27. The van der Waals surface area contributed by atoms with Gasteiger partial charge in [0.1, 0.15) is 0 Å². The maximum atomic E-state index is 2.43. The van der Waals surface area contributed by atoms with Gasteiger partial charge < -0.3 is 0 Å². The lowest BCUT2D eigenvalue weighted by Crippen LogP contribution is -1.90. The zero-order chi connectivity index (χ0) is 28.7. The van der Waals surface area contributed by atoms with Gasteiger partial charge in [-0.3, -0.25) is 0 Å². The average molecular weight is 605 g/mol. The molecule has 0 unspecified atom stereocenters. The third kappa shape index (κ3) is 4.30. The van der Waals surface area contributed by atoms with Crippen molar-refractivity contribution in [1.82, 2.24) is 0 Å². The smallest absolute Gasteiger partial charge is 0.0362 e. The van der Waals surface area contributed by atoms with Crippen LogP contribution < -0.4 is 0 Å². The van der Waals surface area contributed by atoms with Crippen LogP contribution in [0.3, 0.4) is 0 Å². The molecule has 9 rings (SSSR count). The van der Waals surface area contributed by atoms with Crippen molar-refractivity contribution < 1.29 is 0 Å². The summed E-state index contributed by atoms with van der Waals surface area (Å²) in [4.78, 5) is 0. The van der Waals surface area contributed by atoms with Crippen LogP contribution in [0.5, 0.6) is 0 Å². The molecule has 206 valence electrons. The maximum absolute atomic E-state index is 2.43. The Bertz CT molecular complexity index is 2520. The van der Waals surface area contributed by atoms with Crippen molar-refractivity contribution in [3.63, 3.8) is 0 Å². The molecule has 43 heavy (non-hydrogen) atoms. The van der Waals surface area contributed by atoms with Gasteiger partial charge in [0, 0.05) is 60.5 Å². The third-order valence-corrected chi connectivity index (χ3v) is 12.3. The molecular weight excluding hydrogens is 577 g/mol. The van der Waals surface area contributed by atoms with Gasteiger partial charge in [-0.25, -0.2) is 0 Å². The molecule has 0 amide bonds. The Balaban J connectivity index is 1.00. The van der Waals surface area contributed by atoms with Crippen LogP contribution in [0.15, 0.2) is 109 Å². The number of hydrogen-bond donors (Lipinski definition) is 0. The van der Waals surface area contributed by atoms with Gasteiger partial charge in [0.05, 0.1) is 0 Å². The van der Waals surface area contributed by atoms with Gasteiger partial charge in [-0.1, -0.05) is 78.4 Å². The van der Waals surface area contributed by atoms with Crippen LogP contribution in [-0.2, 0) is 12.8 Å². The van der Waals surface area contributed by atoms with Gasteiger partial charge >= 0.3 is 0 Å². The Morgan fingerprint density at radius 2 is 0.767 bits per heavy atom. The fraction of sp³-hybridized carbons (Fsp3) is 0.100. The Kier molecular flexibility index (Phi) is 5.78. The zero-order valence-electron chi connectivity index (χ0n) is 24.0. The minimum atomic E-state index is 1.05. The fourth-order valence-corrected chi connectivity index (χ4v) is 10.2. The lowest BCUT2D eigenvalue weighted by Gasteiger charge is -2.04. The highest BCUT2D eigenvalue weighted by atomic mass is 32.1. The first-order chi connectivity index (χ1) is 21.1. The minimum Gasteiger partial charge on any atom is -0.135 e. The fourth-order valence-electron chi connectivity index (χ4n) is 6.54. The van der Waals surface area contributed by atoms with E-state index in [4.69, 9.17) is 0 Å². The molecule has 0 aliphatic rings. The summed E-state index contributed by atoms with van der Waals surface area (Å²) in [7, 11) is 0. The van der Waals surface area contributed by atoms with E-state index < -0.39 is 0 Å². The van der Waals surface area contributed by atoms with Gasteiger partial charge in [-0.2, -0.15) is 0 Å². The van der Waals surface area contributed by atoms with E-state index in [9.17, 15) is 0 Å². The molecule has 0 aliphatic carbocycles. The summed E-state index contributed by atoms with van der Waals surface area (Å²) in [6, 6.07) is 41.7. The van der Waals surface area contributed by atoms with Crippen LogP contribution in [0.2, 0.25) is 0 Å². The number of aryl methyl sites for hydroxylation is 4. The molecule has 0 atom stereocenters. The van der Waals surface area contributed by atoms with Crippen LogP contribution in [0.4, 0.5) is 0 Å². The molecule has 0 aliphatic heterocycles. The summed E-state index contributed by atoms with van der Waals surface area (Å²) in [5, 5.41) is 8.28. The predicted molar refractivity (Wildman–Crippen MR) is 194 cm³/mol. The number of hydrogen-bond acceptors (Lipinski definition) is 3. The number of rotatable bonds is 4. The van der Waals surface area contributed by atoms with E-state index in [0.717, 1.165) is 12.8 Å². The summed E-state index contributed by atoms with van der Waals surface area (Å²) in [6.45, 7) is 4.32. The van der Waals surface area contributed by atoms with E-state index in [-0.39, 0.29) is 0 Å². The molecule has 0 saturated heterocycles. The Morgan fingerprint density at radius 3 is 1.37 bits per heavy atom. The van der Waals surface area contributed by atoms with Crippen LogP contribution in [0, 0.1) is 13.8 Å². The average Bonchev–Trinajstić information content (AvgIpc) is 3.68. The lowest BCUT2D eigenvalue weighted by atomic mass is 10.0. The second-order valence-electron chi connectivity index (χ2n) is 11.9.